The molecular weight excluding hydrogens is 292 g/mol. The normalized spacial score (nSPS) is 11.9. The van der Waals surface area contributed by atoms with Crippen molar-refractivity contribution in [3.8, 4) is 0 Å². The highest BCUT2D eigenvalue weighted by Crippen LogP contribution is 2.13. The van der Waals surface area contributed by atoms with Crippen LogP contribution in [0.1, 0.15) is 18.2 Å². The summed E-state index contributed by atoms with van der Waals surface area (Å²) < 4.78 is 33.6. The Morgan fingerprint density at radius 3 is 2.86 bits per heavy atom. The first kappa shape index (κ1) is 15.7. The maximum absolute atomic E-state index is 12.1. The van der Waals surface area contributed by atoms with E-state index >= 15 is 0 Å². The fourth-order valence-corrected chi connectivity index (χ4v) is 2.77. The Morgan fingerprint density at radius 2 is 2.19 bits per heavy atom. The number of furan rings is 1. The zero-order valence-corrected chi connectivity index (χ0v) is 13.0. The van der Waals surface area contributed by atoms with Crippen LogP contribution in [0.25, 0.3) is 0 Å². The molecular formula is C13H20N4O3S. The minimum absolute atomic E-state index is 0.0629. The fraction of sp³-hybridized carbons (Fsp3) is 0.462. The summed E-state index contributed by atoms with van der Waals surface area (Å²) >= 11 is 0. The zero-order valence-electron chi connectivity index (χ0n) is 12.2. The van der Waals surface area contributed by atoms with Gasteiger partial charge in [-0.2, -0.15) is 5.10 Å². The molecule has 2 aromatic heterocycles. The Morgan fingerprint density at radius 1 is 1.38 bits per heavy atom. The first-order chi connectivity index (χ1) is 10.0. The van der Waals surface area contributed by atoms with Gasteiger partial charge >= 0.3 is 0 Å². The summed E-state index contributed by atoms with van der Waals surface area (Å²) in [5, 5.41) is 7.11. The zero-order chi connectivity index (χ0) is 15.3. The Bertz CT molecular complexity index is 675. The van der Waals surface area contributed by atoms with Crippen molar-refractivity contribution >= 4 is 10.0 Å². The van der Waals surface area contributed by atoms with Gasteiger partial charge in [-0.15, -0.1) is 0 Å². The third-order valence-corrected chi connectivity index (χ3v) is 4.18. The van der Waals surface area contributed by atoms with Gasteiger partial charge in [0.1, 0.15) is 5.76 Å². The number of aromatic nitrogens is 2. The molecule has 21 heavy (non-hydrogen) atoms. The maximum atomic E-state index is 12.1. The second kappa shape index (κ2) is 6.88. The number of aryl methyl sites for hydroxylation is 1. The lowest BCUT2D eigenvalue weighted by Crippen LogP contribution is -2.27. The number of rotatable bonds is 8. The molecule has 0 unspecified atom stereocenters. The van der Waals surface area contributed by atoms with Crippen LogP contribution in [0.4, 0.5) is 0 Å². The van der Waals surface area contributed by atoms with E-state index in [0.29, 0.717) is 18.8 Å². The largest absolute Gasteiger partial charge is 0.447 e. The number of nitrogens with zero attached hydrogens (tertiary/aromatic N) is 2. The van der Waals surface area contributed by atoms with Crippen LogP contribution in [0.15, 0.2) is 34.0 Å². The summed E-state index contributed by atoms with van der Waals surface area (Å²) in [6, 6.07) is 3.13. The van der Waals surface area contributed by atoms with Crippen molar-refractivity contribution < 1.29 is 12.8 Å². The van der Waals surface area contributed by atoms with Gasteiger partial charge in [-0.1, -0.05) is 6.92 Å². The minimum Gasteiger partial charge on any atom is -0.447 e. The monoisotopic (exact) mass is 312 g/mol. The lowest BCUT2D eigenvalue weighted by Gasteiger charge is -2.04. The third kappa shape index (κ3) is 4.42. The van der Waals surface area contributed by atoms with Gasteiger partial charge in [0.2, 0.25) is 5.09 Å². The topological polar surface area (TPSA) is 89.2 Å². The van der Waals surface area contributed by atoms with Crippen LogP contribution < -0.4 is 10.0 Å². The molecule has 8 heteroatoms. The van der Waals surface area contributed by atoms with Crippen molar-refractivity contribution in [2.24, 2.45) is 0 Å². The van der Waals surface area contributed by atoms with E-state index in [9.17, 15) is 8.42 Å². The SMILES string of the molecule is CCNCc1ccc(S(=O)(=O)NCCn2cc(C)cn2)o1. The molecule has 0 radical (unpaired) electrons. The maximum Gasteiger partial charge on any atom is 0.274 e. The molecule has 0 amide bonds. The van der Waals surface area contributed by atoms with E-state index in [1.54, 1.807) is 16.9 Å². The van der Waals surface area contributed by atoms with Gasteiger partial charge in [-0.05, 0) is 31.2 Å². The molecule has 0 bridgehead atoms. The first-order valence-corrected chi connectivity index (χ1v) is 8.27. The van der Waals surface area contributed by atoms with Crippen molar-refractivity contribution in [2.45, 2.75) is 32.0 Å². The lowest BCUT2D eigenvalue weighted by molar-refractivity contribution is 0.401. The molecule has 0 saturated heterocycles. The third-order valence-electron chi connectivity index (χ3n) is 2.85. The summed E-state index contributed by atoms with van der Waals surface area (Å²) in [6.45, 7) is 5.94. The lowest BCUT2D eigenvalue weighted by atomic mass is 10.4. The quantitative estimate of drug-likeness (QED) is 0.755. The van der Waals surface area contributed by atoms with Crippen LogP contribution in [0.2, 0.25) is 0 Å². The highest BCUT2D eigenvalue weighted by Gasteiger charge is 2.18. The van der Waals surface area contributed by atoms with Crippen molar-refractivity contribution in [3.05, 3.63) is 35.9 Å². The van der Waals surface area contributed by atoms with Gasteiger partial charge in [0.25, 0.3) is 10.0 Å². The van der Waals surface area contributed by atoms with E-state index in [1.807, 2.05) is 20.0 Å². The Labute approximate surface area is 124 Å². The molecule has 0 aliphatic carbocycles. The molecule has 116 valence electrons. The van der Waals surface area contributed by atoms with Crippen molar-refractivity contribution in [3.63, 3.8) is 0 Å². The summed E-state index contributed by atoms with van der Waals surface area (Å²) in [5.41, 5.74) is 1.04. The van der Waals surface area contributed by atoms with Crippen LogP contribution >= 0.6 is 0 Å². The Balaban J connectivity index is 1.90. The van der Waals surface area contributed by atoms with Crippen LogP contribution in [0, 0.1) is 6.92 Å². The number of sulfonamides is 1. The van der Waals surface area contributed by atoms with Gasteiger partial charge in [0.05, 0.1) is 19.3 Å². The van der Waals surface area contributed by atoms with Gasteiger partial charge in [-0.25, -0.2) is 13.1 Å². The molecule has 0 aliphatic heterocycles. The van der Waals surface area contributed by atoms with Gasteiger partial charge < -0.3 is 9.73 Å². The van der Waals surface area contributed by atoms with E-state index in [1.165, 1.54) is 6.07 Å². The minimum atomic E-state index is -3.61. The predicted octanol–water partition coefficient (Wildman–Crippen LogP) is 0.873. The van der Waals surface area contributed by atoms with E-state index in [4.69, 9.17) is 4.42 Å². The average molecular weight is 312 g/mol. The molecule has 7 nitrogen and oxygen atoms in total. The number of hydrogen-bond donors (Lipinski definition) is 2. The highest BCUT2D eigenvalue weighted by molar-refractivity contribution is 7.89. The molecule has 2 rings (SSSR count). The van der Waals surface area contributed by atoms with Crippen LogP contribution in [0.3, 0.4) is 0 Å². The summed E-state index contributed by atoms with van der Waals surface area (Å²) in [6.07, 6.45) is 3.59. The smallest absolute Gasteiger partial charge is 0.274 e. The summed E-state index contributed by atoms with van der Waals surface area (Å²) in [7, 11) is -3.61. The highest BCUT2D eigenvalue weighted by atomic mass is 32.2. The second-order valence-electron chi connectivity index (χ2n) is 4.68. The van der Waals surface area contributed by atoms with Crippen LogP contribution in [-0.2, 0) is 23.1 Å². The number of hydrogen-bond acceptors (Lipinski definition) is 5. The van der Waals surface area contributed by atoms with E-state index in [0.717, 1.165) is 12.1 Å². The van der Waals surface area contributed by atoms with Gasteiger partial charge in [0.15, 0.2) is 0 Å². The molecule has 0 aromatic carbocycles. The molecule has 0 atom stereocenters. The van der Waals surface area contributed by atoms with E-state index in [-0.39, 0.29) is 11.6 Å². The molecule has 2 N–H and O–H groups in total. The molecule has 0 fully saturated rings. The molecule has 0 spiro atoms. The summed E-state index contributed by atoms with van der Waals surface area (Å²) in [5.74, 6) is 0.597. The molecule has 2 aromatic rings. The van der Waals surface area contributed by atoms with E-state index in [2.05, 4.69) is 15.1 Å². The Hall–Kier alpha value is -1.64. The number of nitrogens with one attached hydrogen (secondary N) is 2. The van der Waals surface area contributed by atoms with Crippen LogP contribution in [0.5, 0.6) is 0 Å². The van der Waals surface area contributed by atoms with Crippen LogP contribution in [-0.4, -0.2) is 31.3 Å². The molecule has 0 aliphatic rings. The standard InChI is InChI=1S/C13H20N4O3S/c1-3-14-9-12-4-5-13(20-12)21(18,19)16-6-7-17-10-11(2)8-15-17/h4-5,8,10,14,16H,3,6-7,9H2,1-2H3. The average Bonchev–Trinajstić information content (AvgIpc) is 3.06. The summed E-state index contributed by atoms with van der Waals surface area (Å²) in [4.78, 5) is 0. The van der Waals surface area contributed by atoms with Crippen molar-refractivity contribution in [1.29, 1.82) is 0 Å². The molecule has 0 saturated carbocycles. The second-order valence-corrected chi connectivity index (χ2v) is 6.38. The fourth-order valence-electron chi connectivity index (χ4n) is 1.80. The van der Waals surface area contributed by atoms with E-state index < -0.39 is 10.0 Å². The van der Waals surface area contributed by atoms with Crippen molar-refractivity contribution in [2.75, 3.05) is 13.1 Å². The van der Waals surface area contributed by atoms with Gasteiger partial charge in [0, 0.05) is 12.7 Å². The molecule has 2 heterocycles. The predicted molar refractivity (Wildman–Crippen MR) is 78.2 cm³/mol. The Kier molecular flexibility index (Phi) is 5.16. The first-order valence-electron chi connectivity index (χ1n) is 6.79. The van der Waals surface area contributed by atoms with Gasteiger partial charge in [-0.3, -0.25) is 4.68 Å². The van der Waals surface area contributed by atoms with Crippen molar-refractivity contribution in [1.82, 2.24) is 19.8 Å².